The van der Waals surface area contributed by atoms with E-state index in [1.807, 2.05) is 0 Å². The number of carbonyl (C=O) groups excluding carboxylic acids is 2. The number of nitrogens with one attached hydrogen (secondary N) is 1. The predicted molar refractivity (Wildman–Crippen MR) is 241 cm³/mol. The molecule has 6 nitrogen and oxygen atoms in total. The number of aliphatic hydroxyl groups is 2. The molecule has 3 atom stereocenters. The highest BCUT2D eigenvalue weighted by molar-refractivity contribution is 5.77. The fraction of sp³-hybridized carbons (Fsp3) is 0.800. The predicted octanol–water partition coefficient (Wildman–Crippen LogP) is 13.9. The van der Waals surface area contributed by atoms with Gasteiger partial charge in [-0.1, -0.05) is 191 Å². The molecule has 0 bridgehead atoms. The number of amides is 1. The average molecular weight is 786 g/mol. The minimum atomic E-state index is -0.797. The van der Waals surface area contributed by atoms with Gasteiger partial charge in [0.25, 0.3) is 0 Å². The van der Waals surface area contributed by atoms with Crippen LogP contribution in [-0.2, 0) is 14.3 Å². The number of carbonyl (C=O) groups is 2. The average Bonchev–Trinajstić information content (AvgIpc) is 3.19. The number of esters is 1. The monoisotopic (exact) mass is 786 g/mol. The molecule has 1 amide bonds. The van der Waals surface area contributed by atoms with Crippen LogP contribution >= 0.6 is 0 Å². The van der Waals surface area contributed by atoms with Crippen molar-refractivity contribution in [1.82, 2.24) is 5.32 Å². The highest BCUT2D eigenvalue weighted by atomic mass is 16.5. The molecule has 6 heteroatoms. The van der Waals surface area contributed by atoms with Crippen molar-refractivity contribution in [2.45, 2.75) is 251 Å². The van der Waals surface area contributed by atoms with Crippen molar-refractivity contribution < 1.29 is 24.5 Å². The zero-order valence-corrected chi connectivity index (χ0v) is 37.0. The molecule has 0 rings (SSSR count). The maximum absolute atomic E-state index is 13.1. The molecule has 3 unspecified atom stereocenters. The third-order valence-corrected chi connectivity index (χ3v) is 10.6. The molecule has 0 aromatic carbocycles. The highest BCUT2D eigenvalue weighted by Gasteiger charge is 2.24. The van der Waals surface area contributed by atoms with E-state index >= 15 is 0 Å². The van der Waals surface area contributed by atoms with Gasteiger partial charge in [-0.25, -0.2) is 0 Å². The summed E-state index contributed by atoms with van der Waals surface area (Å²) in [7, 11) is 0. The maximum atomic E-state index is 13.1. The van der Waals surface area contributed by atoms with E-state index < -0.39 is 18.2 Å². The Labute approximate surface area is 346 Å². The van der Waals surface area contributed by atoms with Crippen LogP contribution in [0.3, 0.4) is 0 Å². The van der Waals surface area contributed by atoms with Gasteiger partial charge in [-0.05, 0) is 77.0 Å². The van der Waals surface area contributed by atoms with Gasteiger partial charge in [0, 0.05) is 6.42 Å². The maximum Gasteiger partial charge on any atom is 0.306 e. The minimum Gasteiger partial charge on any atom is -0.462 e. The van der Waals surface area contributed by atoms with Crippen molar-refractivity contribution >= 4 is 11.9 Å². The molecule has 0 aliphatic heterocycles. The number of allylic oxidation sites excluding steroid dienone is 8. The Balaban J connectivity index is 4.61. The number of rotatable bonds is 42. The standard InChI is InChI=1S/C50H91NO5/c1-4-7-10-13-16-19-22-24-25-28-30-33-36-39-42-48(53)47(45-52)51-49(54)44-46(41-38-35-32-29-27-23-20-17-14-11-8-5-2)56-50(55)43-40-37-34-31-26-21-18-15-12-9-6-3/h8,11,15,17-18,20,27,29,46-48,52-53H,4-7,9-10,12-14,16,19,21-26,28,30-45H2,1-3H3,(H,51,54)/b11-8+,18-15-,20-17+,29-27+. The molecule has 3 N–H and O–H groups in total. The van der Waals surface area contributed by atoms with Gasteiger partial charge in [0.2, 0.25) is 5.91 Å². The third-order valence-electron chi connectivity index (χ3n) is 10.6. The lowest BCUT2D eigenvalue weighted by atomic mass is 10.0. The van der Waals surface area contributed by atoms with Crippen LogP contribution in [-0.4, -0.2) is 46.9 Å². The van der Waals surface area contributed by atoms with E-state index in [0.29, 0.717) is 19.3 Å². The Kier molecular flexibility index (Phi) is 42.2. The van der Waals surface area contributed by atoms with E-state index in [1.54, 1.807) is 0 Å². The van der Waals surface area contributed by atoms with E-state index in [-0.39, 0.29) is 24.9 Å². The smallest absolute Gasteiger partial charge is 0.306 e. The van der Waals surface area contributed by atoms with Crippen molar-refractivity contribution in [3.63, 3.8) is 0 Å². The van der Waals surface area contributed by atoms with Crippen molar-refractivity contribution in [2.75, 3.05) is 6.61 Å². The van der Waals surface area contributed by atoms with Crippen molar-refractivity contribution in [3.8, 4) is 0 Å². The molecule has 0 saturated heterocycles. The van der Waals surface area contributed by atoms with E-state index in [1.165, 1.54) is 103 Å². The summed E-state index contributed by atoms with van der Waals surface area (Å²) in [6.45, 7) is 6.31. The van der Waals surface area contributed by atoms with Crippen molar-refractivity contribution in [2.24, 2.45) is 0 Å². The number of hydrogen-bond acceptors (Lipinski definition) is 5. The van der Waals surface area contributed by atoms with E-state index in [2.05, 4.69) is 74.7 Å². The Morgan fingerprint density at radius 1 is 0.536 bits per heavy atom. The highest BCUT2D eigenvalue weighted by Crippen LogP contribution is 2.17. The molecule has 0 heterocycles. The van der Waals surface area contributed by atoms with Gasteiger partial charge >= 0.3 is 5.97 Å². The van der Waals surface area contributed by atoms with Crippen LogP contribution in [0, 0.1) is 0 Å². The lowest BCUT2D eigenvalue weighted by Gasteiger charge is -2.24. The fourth-order valence-corrected chi connectivity index (χ4v) is 7.01. The fourth-order valence-electron chi connectivity index (χ4n) is 7.01. The Morgan fingerprint density at radius 3 is 1.55 bits per heavy atom. The van der Waals surface area contributed by atoms with Crippen LogP contribution in [0.2, 0.25) is 0 Å². The van der Waals surface area contributed by atoms with Crippen LogP contribution < -0.4 is 5.32 Å². The first-order valence-electron chi connectivity index (χ1n) is 23.9. The number of aliphatic hydroxyl groups excluding tert-OH is 2. The minimum absolute atomic E-state index is 0.0483. The molecule has 326 valence electrons. The molecule has 0 saturated carbocycles. The Hall–Kier alpha value is -2.18. The van der Waals surface area contributed by atoms with E-state index in [9.17, 15) is 19.8 Å². The van der Waals surface area contributed by atoms with Gasteiger partial charge in [-0.2, -0.15) is 0 Å². The van der Waals surface area contributed by atoms with E-state index in [4.69, 9.17) is 4.74 Å². The van der Waals surface area contributed by atoms with Gasteiger partial charge < -0.3 is 20.3 Å². The summed E-state index contributed by atoms with van der Waals surface area (Å²) in [5, 5.41) is 23.7. The zero-order chi connectivity index (χ0) is 41.0. The number of ether oxygens (including phenoxy) is 1. The number of hydrogen-bond donors (Lipinski definition) is 3. The first-order valence-corrected chi connectivity index (χ1v) is 23.9. The molecule has 0 aliphatic carbocycles. The van der Waals surface area contributed by atoms with Gasteiger partial charge in [0.15, 0.2) is 0 Å². The van der Waals surface area contributed by atoms with Crippen molar-refractivity contribution in [1.29, 1.82) is 0 Å². The lowest BCUT2D eigenvalue weighted by molar-refractivity contribution is -0.151. The molecular formula is C50H91NO5. The third kappa shape index (κ3) is 38.7. The second-order valence-electron chi connectivity index (χ2n) is 16.1. The molecular weight excluding hydrogens is 695 g/mol. The van der Waals surface area contributed by atoms with Crippen LogP contribution in [0.15, 0.2) is 48.6 Å². The topological polar surface area (TPSA) is 95.9 Å². The molecule has 56 heavy (non-hydrogen) atoms. The summed E-state index contributed by atoms with van der Waals surface area (Å²) in [5.74, 6) is -0.523. The van der Waals surface area contributed by atoms with Gasteiger partial charge in [0.05, 0.1) is 25.2 Å². The van der Waals surface area contributed by atoms with Gasteiger partial charge in [0.1, 0.15) is 6.10 Å². The van der Waals surface area contributed by atoms with Crippen LogP contribution in [0.25, 0.3) is 0 Å². The summed E-state index contributed by atoms with van der Waals surface area (Å²) in [5.41, 5.74) is 0. The Morgan fingerprint density at radius 2 is 0.982 bits per heavy atom. The second-order valence-corrected chi connectivity index (χ2v) is 16.1. The normalized spacial score (nSPS) is 13.7. The van der Waals surface area contributed by atoms with Gasteiger partial charge in [-0.3, -0.25) is 9.59 Å². The van der Waals surface area contributed by atoms with Crippen molar-refractivity contribution in [3.05, 3.63) is 48.6 Å². The molecule has 0 spiro atoms. The zero-order valence-electron chi connectivity index (χ0n) is 37.0. The first kappa shape index (κ1) is 53.8. The quantitative estimate of drug-likeness (QED) is 0.0325. The van der Waals surface area contributed by atoms with Crippen LogP contribution in [0.1, 0.15) is 233 Å². The van der Waals surface area contributed by atoms with Crippen LogP contribution in [0.4, 0.5) is 0 Å². The Bertz CT molecular complexity index is 972. The molecule has 0 aromatic heterocycles. The lowest BCUT2D eigenvalue weighted by Crippen LogP contribution is -2.46. The summed E-state index contributed by atoms with van der Waals surface area (Å²) < 4.78 is 5.88. The van der Waals surface area contributed by atoms with E-state index in [0.717, 1.165) is 83.5 Å². The summed E-state index contributed by atoms with van der Waals surface area (Å²) >= 11 is 0. The second kappa shape index (κ2) is 43.9. The summed E-state index contributed by atoms with van der Waals surface area (Å²) in [6.07, 6.45) is 51.7. The first-order chi connectivity index (χ1) is 27.5. The van der Waals surface area contributed by atoms with Crippen LogP contribution in [0.5, 0.6) is 0 Å². The largest absolute Gasteiger partial charge is 0.462 e. The SMILES string of the molecule is CC/C=C/C/C=C/C/C=C/CCCCC(CC(=O)NC(CO)C(O)CCCCCCCCCCCCCCCC)OC(=O)CCCCCCC/C=C\CCCC. The molecule has 0 aromatic rings. The number of unbranched alkanes of at least 4 members (excludes halogenated alkanes) is 22. The van der Waals surface area contributed by atoms with Gasteiger partial charge in [-0.15, -0.1) is 0 Å². The molecule has 0 aliphatic rings. The molecule has 0 fully saturated rings. The molecule has 0 radical (unpaired) electrons. The summed E-state index contributed by atoms with van der Waals surface area (Å²) in [6, 6.07) is -0.713. The summed E-state index contributed by atoms with van der Waals surface area (Å²) in [4.78, 5) is 26.0.